The minimum atomic E-state index is -0.641. The van der Waals surface area contributed by atoms with Crippen LogP contribution in [-0.4, -0.2) is 37.3 Å². The first-order chi connectivity index (χ1) is 16.4. The second-order valence-electron chi connectivity index (χ2n) is 7.04. The molecule has 0 saturated heterocycles. The number of methoxy groups -OCH3 is 1. The first-order valence-corrected chi connectivity index (χ1v) is 11.6. The maximum atomic E-state index is 12.5. The Labute approximate surface area is 206 Å². The van der Waals surface area contributed by atoms with Crippen LogP contribution in [0.4, 0.5) is 5.69 Å². The van der Waals surface area contributed by atoms with E-state index in [1.807, 2.05) is 0 Å². The zero-order valence-electron chi connectivity index (χ0n) is 18.4. The van der Waals surface area contributed by atoms with E-state index in [0.717, 1.165) is 5.56 Å². The van der Waals surface area contributed by atoms with Crippen LogP contribution in [0, 0.1) is 0 Å². The third-order valence-electron chi connectivity index (χ3n) is 4.56. The van der Waals surface area contributed by atoms with E-state index in [9.17, 15) is 14.4 Å². The second kappa shape index (κ2) is 12.7. The molecule has 176 valence electrons. The van der Waals surface area contributed by atoms with E-state index in [4.69, 9.17) is 21.1 Å². The summed E-state index contributed by atoms with van der Waals surface area (Å²) in [5.41, 5.74) is 1.77. The fourth-order valence-electron chi connectivity index (χ4n) is 2.87. The van der Waals surface area contributed by atoms with Crippen molar-refractivity contribution in [1.29, 1.82) is 0 Å². The van der Waals surface area contributed by atoms with Gasteiger partial charge in [0, 0.05) is 28.2 Å². The first kappa shape index (κ1) is 25.1. The van der Waals surface area contributed by atoms with Crippen LogP contribution in [0.5, 0.6) is 5.75 Å². The number of carbonyl (C=O) groups excluding carboxylic acids is 3. The number of thioether (sulfide) groups is 1. The van der Waals surface area contributed by atoms with Crippen LogP contribution >= 0.6 is 23.4 Å². The van der Waals surface area contributed by atoms with Gasteiger partial charge in [-0.15, -0.1) is 11.8 Å². The van der Waals surface area contributed by atoms with E-state index >= 15 is 0 Å². The van der Waals surface area contributed by atoms with E-state index < -0.39 is 18.5 Å². The van der Waals surface area contributed by atoms with Gasteiger partial charge >= 0.3 is 5.97 Å². The van der Waals surface area contributed by atoms with Gasteiger partial charge in [0.2, 0.25) is 5.91 Å². The number of amides is 2. The standard InChI is InChI=1S/C25H23ClN2O5S/c1-32-20-6-4-5-19(13-20)28-24(30)16-34-22-8-3-2-7-21(22)25(31)33-15-23(29)27-14-17-9-11-18(26)12-10-17/h2-13H,14-16H2,1H3,(H,27,29)(H,28,30). The second-order valence-corrected chi connectivity index (χ2v) is 8.50. The highest BCUT2D eigenvalue weighted by Crippen LogP contribution is 2.24. The van der Waals surface area contributed by atoms with Gasteiger partial charge in [0.15, 0.2) is 6.61 Å². The van der Waals surface area contributed by atoms with Crippen molar-refractivity contribution in [2.45, 2.75) is 11.4 Å². The molecular formula is C25H23ClN2O5S. The first-order valence-electron chi connectivity index (χ1n) is 10.3. The van der Waals surface area contributed by atoms with Crippen LogP contribution in [-0.2, 0) is 20.9 Å². The summed E-state index contributed by atoms with van der Waals surface area (Å²) in [6.07, 6.45) is 0. The number of rotatable bonds is 10. The van der Waals surface area contributed by atoms with Gasteiger partial charge in [-0.05, 0) is 42.0 Å². The highest BCUT2D eigenvalue weighted by molar-refractivity contribution is 8.00. The summed E-state index contributed by atoms with van der Waals surface area (Å²) in [7, 11) is 1.55. The molecule has 0 fully saturated rings. The number of hydrogen-bond donors (Lipinski definition) is 2. The summed E-state index contributed by atoms with van der Waals surface area (Å²) in [5, 5.41) is 6.08. The molecule has 0 unspecified atom stereocenters. The molecule has 0 bridgehead atoms. The average Bonchev–Trinajstić information content (AvgIpc) is 2.86. The minimum absolute atomic E-state index is 0.0864. The Hall–Kier alpha value is -3.49. The molecule has 0 aliphatic rings. The molecule has 0 aliphatic heterocycles. The smallest absolute Gasteiger partial charge is 0.339 e. The molecule has 0 saturated carbocycles. The van der Waals surface area contributed by atoms with Crippen molar-refractivity contribution in [3.05, 3.63) is 88.9 Å². The number of halogens is 1. The van der Waals surface area contributed by atoms with Crippen molar-refractivity contribution in [2.75, 3.05) is 24.8 Å². The van der Waals surface area contributed by atoms with Gasteiger partial charge in [-0.2, -0.15) is 0 Å². The molecule has 3 aromatic carbocycles. The van der Waals surface area contributed by atoms with E-state index in [2.05, 4.69) is 10.6 Å². The quantitative estimate of drug-likeness (QED) is 0.314. The van der Waals surface area contributed by atoms with Gasteiger partial charge in [-0.25, -0.2) is 4.79 Å². The predicted octanol–water partition coefficient (Wildman–Crippen LogP) is 4.55. The van der Waals surface area contributed by atoms with Gasteiger partial charge in [0.1, 0.15) is 5.75 Å². The van der Waals surface area contributed by atoms with Crippen LogP contribution in [0.15, 0.2) is 77.7 Å². The Morgan fingerprint density at radius 3 is 2.47 bits per heavy atom. The third kappa shape index (κ3) is 7.83. The molecule has 0 spiro atoms. The van der Waals surface area contributed by atoms with Crippen LogP contribution < -0.4 is 15.4 Å². The van der Waals surface area contributed by atoms with Gasteiger partial charge in [-0.3, -0.25) is 9.59 Å². The fraction of sp³-hybridized carbons (Fsp3) is 0.160. The summed E-state index contributed by atoms with van der Waals surface area (Å²) in [5.74, 6) is -0.578. The Bertz CT molecular complexity index is 1150. The van der Waals surface area contributed by atoms with E-state index in [1.54, 1.807) is 79.9 Å². The normalized spacial score (nSPS) is 10.3. The molecule has 34 heavy (non-hydrogen) atoms. The lowest BCUT2D eigenvalue weighted by atomic mass is 10.2. The van der Waals surface area contributed by atoms with Crippen molar-refractivity contribution in [1.82, 2.24) is 5.32 Å². The van der Waals surface area contributed by atoms with Crippen LogP contribution in [0.2, 0.25) is 5.02 Å². The number of hydrogen-bond acceptors (Lipinski definition) is 6. The molecule has 0 aromatic heterocycles. The number of nitrogens with one attached hydrogen (secondary N) is 2. The molecule has 9 heteroatoms. The number of benzene rings is 3. The molecule has 3 rings (SSSR count). The van der Waals surface area contributed by atoms with Crippen molar-refractivity contribution in [3.63, 3.8) is 0 Å². The molecule has 2 amide bonds. The molecule has 0 atom stereocenters. The molecule has 0 heterocycles. The Morgan fingerprint density at radius 2 is 1.71 bits per heavy atom. The van der Waals surface area contributed by atoms with Crippen molar-refractivity contribution >= 4 is 46.8 Å². The lowest BCUT2D eigenvalue weighted by Gasteiger charge is -2.10. The van der Waals surface area contributed by atoms with Crippen LogP contribution in [0.3, 0.4) is 0 Å². The van der Waals surface area contributed by atoms with E-state index in [0.29, 0.717) is 27.9 Å². The largest absolute Gasteiger partial charge is 0.497 e. The molecular weight excluding hydrogens is 476 g/mol. The molecule has 2 N–H and O–H groups in total. The highest BCUT2D eigenvalue weighted by Gasteiger charge is 2.16. The van der Waals surface area contributed by atoms with Crippen LogP contribution in [0.25, 0.3) is 0 Å². The van der Waals surface area contributed by atoms with Gasteiger partial charge < -0.3 is 20.1 Å². The SMILES string of the molecule is COc1cccc(NC(=O)CSc2ccccc2C(=O)OCC(=O)NCc2ccc(Cl)cc2)c1. The number of esters is 1. The monoisotopic (exact) mass is 498 g/mol. The van der Waals surface area contributed by atoms with Crippen molar-refractivity contribution in [2.24, 2.45) is 0 Å². The maximum absolute atomic E-state index is 12.5. The number of carbonyl (C=O) groups is 3. The number of anilines is 1. The lowest BCUT2D eigenvalue weighted by Crippen LogP contribution is -2.28. The molecule has 3 aromatic rings. The average molecular weight is 499 g/mol. The summed E-state index contributed by atoms with van der Waals surface area (Å²) >= 11 is 7.04. The zero-order valence-corrected chi connectivity index (χ0v) is 19.9. The Morgan fingerprint density at radius 1 is 0.941 bits per heavy atom. The van der Waals surface area contributed by atoms with E-state index in [-0.39, 0.29) is 17.2 Å². The molecule has 0 radical (unpaired) electrons. The van der Waals surface area contributed by atoms with E-state index in [1.165, 1.54) is 11.8 Å². The summed E-state index contributed by atoms with van der Waals surface area (Å²) in [6.45, 7) is -0.121. The highest BCUT2D eigenvalue weighted by atomic mass is 35.5. The zero-order chi connectivity index (χ0) is 24.3. The number of ether oxygens (including phenoxy) is 2. The topological polar surface area (TPSA) is 93.7 Å². The van der Waals surface area contributed by atoms with Crippen molar-refractivity contribution < 1.29 is 23.9 Å². The summed E-state index contributed by atoms with van der Waals surface area (Å²) < 4.78 is 10.3. The Kier molecular flexibility index (Phi) is 9.37. The lowest BCUT2D eigenvalue weighted by molar-refractivity contribution is -0.124. The maximum Gasteiger partial charge on any atom is 0.339 e. The summed E-state index contributed by atoms with van der Waals surface area (Å²) in [6, 6.07) is 20.9. The predicted molar refractivity (Wildman–Crippen MR) is 132 cm³/mol. The summed E-state index contributed by atoms with van der Waals surface area (Å²) in [4.78, 5) is 37.5. The van der Waals surface area contributed by atoms with Gasteiger partial charge in [-0.1, -0.05) is 41.9 Å². The molecule has 7 nitrogen and oxygen atoms in total. The molecule has 0 aliphatic carbocycles. The van der Waals surface area contributed by atoms with Crippen LogP contribution in [0.1, 0.15) is 15.9 Å². The minimum Gasteiger partial charge on any atom is -0.497 e. The van der Waals surface area contributed by atoms with Crippen molar-refractivity contribution in [3.8, 4) is 5.75 Å². The Balaban J connectivity index is 1.49. The van der Waals surface area contributed by atoms with Gasteiger partial charge in [0.05, 0.1) is 18.4 Å². The van der Waals surface area contributed by atoms with Gasteiger partial charge in [0.25, 0.3) is 5.91 Å². The fourth-order valence-corrected chi connectivity index (χ4v) is 3.83. The third-order valence-corrected chi connectivity index (χ3v) is 5.88.